The Bertz CT molecular complexity index is 205. The quantitative estimate of drug-likeness (QED) is 0.450. The zero-order valence-electron chi connectivity index (χ0n) is 16.2. The van der Waals surface area contributed by atoms with Gasteiger partial charge in [-0.3, -0.25) is 9.59 Å². The maximum atomic E-state index is 10.3. The van der Waals surface area contributed by atoms with Gasteiger partial charge in [0.05, 0.1) is 5.92 Å². The van der Waals surface area contributed by atoms with Crippen LogP contribution in [0.15, 0.2) is 0 Å². The minimum absolute atomic E-state index is 0.161. The first-order valence-electron chi connectivity index (χ1n) is 8.95. The van der Waals surface area contributed by atoms with Crippen molar-refractivity contribution >= 4 is 12.4 Å². The average molecular weight is 320 g/mol. The summed E-state index contributed by atoms with van der Waals surface area (Å²) in [5, 5.41) is 11.2. The van der Waals surface area contributed by atoms with Gasteiger partial charge in [-0.15, -0.1) is 0 Å². The Kier molecular flexibility index (Phi) is 37.1. The molecule has 1 amide bonds. The van der Waals surface area contributed by atoms with Crippen molar-refractivity contribution in [3.05, 3.63) is 0 Å². The van der Waals surface area contributed by atoms with Crippen molar-refractivity contribution in [2.75, 3.05) is 0 Å². The molecule has 0 aromatic carbocycles. The number of carboxylic acid groups (broad SMARTS) is 1. The van der Waals surface area contributed by atoms with E-state index in [-0.39, 0.29) is 5.92 Å². The molecule has 0 fully saturated rings. The molecule has 22 heavy (non-hydrogen) atoms. The van der Waals surface area contributed by atoms with E-state index < -0.39 is 5.97 Å². The molecule has 136 valence electrons. The summed E-state index contributed by atoms with van der Waals surface area (Å²) in [5.41, 5.74) is 0. The third-order valence-electron chi connectivity index (χ3n) is 2.95. The molecular weight excluding hydrogens is 278 g/mol. The fourth-order valence-corrected chi connectivity index (χ4v) is 1.44. The van der Waals surface area contributed by atoms with Crippen LogP contribution < -0.4 is 5.32 Å². The lowest BCUT2D eigenvalue weighted by atomic mass is 10.0. The Hall–Kier alpha value is -1.06. The Morgan fingerprint density at radius 3 is 1.73 bits per heavy atom. The van der Waals surface area contributed by atoms with Crippen molar-refractivity contribution in [3.8, 4) is 0 Å². The van der Waals surface area contributed by atoms with Gasteiger partial charge in [-0.2, -0.15) is 0 Å². The molecule has 0 rings (SSSR count). The zero-order chi connectivity index (χ0) is 18.4. The van der Waals surface area contributed by atoms with Crippen LogP contribution in [0.25, 0.3) is 0 Å². The average Bonchev–Trinajstić information content (AvgIpc) is 2.57. The number of aliphatic carboxylic acids is 1. The van der Waals surface area contributed by atoms with Gasteiger partial charge in [0.2, 0.25) is 6.41 Å². The lowest BCUT2D eigenvalue weighted by molar-refractivity contribution is -0.141. The van der Waals surface area contributed by atoms with E-state index in [0.717, 1.165) is 44.9 Å². The van der Waals surface area contributed by atoms with Gasteiger partial charge >= 0.3 is 5.97 Å². The van der Waals surface area contributed by atoms with E-state index in [2.05, 4.69) is 26.1 Å². The third kappa shape index (κ3) is 27.3. The normalized spacial score (nSPS) is 9.86. The van der Waals surface area contributed by atoms with Crippen molar-refractivity contribution < 1.29 is 14.7 Å². The molecule has 0 saturated carbocycles. The first-order chi connectivity index (χ1) is 10.5. The van der Waals surface area contributed by atoms with Crippen LogP contribution in [-0.2, 0) is 9.59 Å². The van der Waals surface area contributed by atoms with Gasteiger partial charge in [-0.25, -0.2) is 0 Å². The molecule has 0 aromatic rings. The van der Waals surface area contributed by atoms with Crippen molar-refractivity contribution in [1.29, 1.82) is 0 Å². The highest BCUT2D eigenvalue weighted by Crippen LogP contribution is 2.08. The van der Waals surface area contributed by atoms with Crippen LogP contribution in [0.3, 0.4) is 0 Å². The largest absolute Gasteiger partial charge is 0.481 e. The number of carbonyl (C=O) groups is 2. The Labute approximate surface area is 139 Å². The predicted octanol–water partition coefficient (Wildman–Crippen LogP) is 5.26. The van der Waals surface area contributed by atoms with E-state index in [9.17, 15) is 9.59 Å². The predicted molar refractivity (Wildman–Crippen MR) is 97.2 cm³/mol. The van der Waals surface area contributed by atoms with E-state index in [1.165, 1.54) is 0 Å². The van der Waals surface area contributed by atoms with Crippen LogP contribution >= 0.6 is 0 Å². The van der Waals surface area contributed by atoms with Crippen LogP contribution in [0.2, 0.25) is 0 Å². The van der Waals surface area contributed by atoms with E-state index in [4.69, 9.17) is 5.11 Å². The highest BCUT2D eigenvalue weighted by atomic mass is 16.4. The molecule has 2 N–H and O–H groups in total. The molecular formula is C18H41NO3. The molecule has 0 aliphatic carbocycles. The number of amides is 1. The maximum Gasteiger partial charge on any atom is 0.306 e. The minimum atomic E-state index is -0.670. The molecule has 0 spiro atoms. The summed E-state index contributed by atoms with van der Waals surface area (Å²) >= 11 is 0. The van der Waals surface area contributed by atoms with Crippen molar-refractivity contribution in [3.63, 3.8) is 0 Å². The molecule has 0 bridgehead atoms. The Morgan fingerprint density at radius 2 is 1.50 bits per heavy atom. The maximum absolute atomic E-state index is 10.3. The van der Waals surface area contributed by atoms with Crippen LogP contribution in [0.1, 0.15) is 93.9 Å². The number of nitrogens with one attached hydrogen (secondary N) is 1. The fraction of sp³-hybridized carbons (Fsp3) is 0.889. The zero-order valence-corrected chi connectivity index (χ0v) is 16.2. The van der Waals surface area contributed by atoms with Crippen LogP contribution in [0, 0.1) is 5.92 Å². The first-order valence-corrected chi connectivity index (χ1v) is 8.95. The van der Waals surface area contributed by atoms with Gasteiger partial charge in [0.15, 0.2) is 0 Å². The van der Waals surface area contributed by atoms with Crippen LogP contribution in [0.4, 0.5) is 0 Å². The van der Waals surface area contributed by atoms with Gasteiger partial charge in [-0.05, 0) is 19.3 Å². The molecule has 0 aliphatic rings. The fourth-order valence-electron chi connectivity index (χ4n) is 1.44. The smallest absolute Gasteiger partial charge is 0.306 e. The number of hydrogen-bond donors (Lipinski definition) is 2. The summed E-state index contributed by atoms with van der Waals surface area (Å²) < 4.78 is 0. The summed E-state index contributed by atoms with van der Waals surface area (Å²) in [4.78, 5) is 20.1. The van der Waals surface area contributed by atoms with E-state index in [1.54, 1.807) is 6.92 Å². The highest BCUT2D eigenvalue weighted by Gasteiger charge is 2.08. The molecule has 0 aliphatic heterocycles. The van der Waals surface area contributed by atoms with Gasteiger partial charge in [0.1, 0.15) is 0 Å². The number of unbranched alkanes of at least 4 members (excludes halogenated alkanes) is 2. The lowest BCUT2D eigenvalue weighted by Gasteiger charge is -2.08. The lowest BCUT2D eigenvalue weighted by Crippen LogP contribution is -2.25. The van der Waals surface area contributed by atoms with Gasteiger partial charge < -0.3 is 10.4 Å². The molecule has 0 aromatic heterocycles. The topological polar surface area (TPSA) is 66.4 Å². The van der Waals surface area contributed by atoms with E-state index in [0.29, 0.717) is 6.04 Å². The monoisotopic (exact) mass is 319 g/mol. The van der Waals surface area contributed by atoms with Crippen molar-refractivity contribution in [2.45, 2.75) is 100.0 Å². The molecule has 1 unspecified atom stereocenters. The highest BCUT2D eigenvalue weighted by molar-refractivity contribution is 5.69. The number of rotatable bonds is 9. The van der Waals surface area contributed by atoms with Crippen molar-refractivity contribution in [2.24, 2.45) is 5.92 Å². The number of hydrogen-bond acceptors (Lipinski definition) is 2. The molecule has 0 heterocycles. The molecule has 0 saturated heterocycles. The summed E-state index contributed by atoms with van der Waals surface area (Å²) in [6.45, 7) is 16.0. The summed E-state index contributed by atoms with van der Waals surface area (Å²) in [7, 11) is 0. The van der Waals surface area contributed by atoms with E-state index >= 15 is 0 Å². The summed E-state index contributed by atoms with van der Waals surface area (Å²) in [6.07, 6.45) is 6.99. The molecule has 4 nitrogen and oxygen atoms in total. The number of carboxylic acids is 1. The Balaban J connectivity index is -0.000000121. The van der Waals surface area contributed by atoms with Crippen LogP contribution in [-0.4, -0.2) is 23.5 Å². The van der Waals surface area contributed by atoms with Gasteiger partial charge in [-0.1, -0.05) is 74.7 Å². The van der Waals surface area contributed by atoms with Gasteiger partial charge in [0, 0.05) is 6.04 Å². The second-order valence-corrected chi connectivity index (χ2v) is 4.53. The second-order valence-electron chi connectivity index (χ2n) is 4.53. The second kappa shape index (κ2) is 28.2. The van der Waals surface area contributed by atoms with E-state index in [1.807, 2.05) is 27.7 Å². The van der Waals surface area contributed by atoms with Crippen LogP contribution in [0.5, 0.6) is 0 Å². The van der Waals surface area contributed by atoms with Crippen molar-refractivity contribution in [1.82, 2.24) is 5.32 Å². The SMILES string of the molecule is CC.CC.CCC(CC)NC=O.CCCCCC(C)C(=O)O. The summed E-state index contributed by atoms with van der Waals surface area (Å²) in [6, 6.07) is 0.382. The third-order valence-corrected chi connectivity index (χ3v) is 2.95. The minimum Gasteiger partial charge on any atom is -0.481 e. The molecule has 4 heteroatoms. The summed E-state index contributed by atoms with van der Waals surface area (Å²) in [5.74, 6) is -0.831. The standard InChI is InChI=1S/C8H16O2.C6H13NO.2C2H6/c1-3-4-5-6-7(2)8(9)10;1-3-6(4-2)7-5-8;2*1-2/h7H,3-6H2,1-2H3,(H,9,10);5-6H,3-4H2,1-2H3,(H,7,8);2*1-2H3. The Morgan fingerprint density at radius 1 is 1.05 bits per heavy atom. The first kappa shape index (κ1) is 29.0. The molecule has 1 atom stereocenters. The molecule has 0 radical (unpaired) electrons. The number of carbonyl (C=O) groups excluding carboxylic acids is 1. The van der Waals surface area contributed by atoms with Gasteiger partial charge in [0.25, 0.3) is 0 Å².